The van der Waals surface area contributed by atoms with E-state index < -0.39 is 46.2 Å². The summed E-state index contributed by atoms with van der Waals surface area (Å²) in [4.78, 5) is 50.5. The zero-order valence-corrected chi connectivity index (χ0v) is 18.2. The quantitative estimate of drug-likeness (QED) is 0.299. The molecule has 0 unspecified atom stereocenters. The van der Waals surface area contributed by atoms with Crippen LogP contribution in [0.2, 0.25) is 10.0 Å². The van der Waals surface area contributed by atoms with Crippen LogP contribution in [0.15, 0.2) is 54.6 Å². The van der Waals surface area contributed by atoms with Crippen LogP contribution in [0.1, 0.15) is 10.4 Å². The SMILES string of the molecule is O=C(NC[C@]12C=C[C@H](O1)[C@@H]1C(=O)N(c3ccc([N+](=O)[O-])cc3)C(=O)[C@@H]12)c1ccc(Cl)cc1Cl. The molecule has 2 bridgehead atoms. The molecule has 3 amide bonds. The zero-order chi connectivity index (χ0) is 23.5. The molecule has 2 aromatic carbocycles. The number of halogens is 2. The normalized spacial score (nSPS) is 27.2. The summed E-state index contributed by atoms with van der Waals surface area (Å²) < 4.78 is 6.00. The summed E-state index contributed by atoms with van der Waals surface area (Å²) in [6, 6.07) is 9.67. The van der Waals surface area contributed by atoms with Crippen molar-refractivity contribution < 1.29 is 24.0 Å². The Morgan fingerprint density at radius 2 is 1.88 bits per heavy atom. The molecule has 2 saturated heterocycles. The van der Waals surface area contributed by atoms with E-state index in [1.54, 1.807) is 12.2 Å². The highest BCUT2D eigenvalue weighted by molar-refractivity contribution is 6.36. The molecule has 168 valence electrons. The van der Waals surface area contributed by atoms with E-state index in [2.05, 4.69) is 5.32 Å². The van der Waals surface area contributed by atoms with Crippen molar-refractivity contribution in [2.24, 2.45) is 11.8 Å². The number of nitro groups is 1. The third-order valence-electron chi connectivity index (χ3n) is 6.17. The van der Waals surface area contributed by atoms with Crippen molar-refractivity contribution >= 4 is 52.3 Å². The van der Waals surface area contributed by atoms with Gasteiger partial charge in [-0.25, -0.2) is 4.90 Å². The van der Waals surface area contributed by atoms with Gasteiger partial charge < -0.3 is 10.1 Å². The molecule has 0 aromatic heterocycles. The maximum atomic E-state index is 13.3. The van der Waals surface area contributed by atoms with Crippen molar-refractivity contribution in [1.82, 2.24) is 5.32 Å². The van der Waals surface area contributed by atoms with Gasteiger partial charge in [-0.15, -0.1) is 0 Å². The second-order valence-corrected chi connectivity index (χ2v) is 8.84. The van der Waals surface area contributed by atoms with Gasteiger partial charge in [0, 0.05) is 17.2 Å². The van der Waals surface area contributed by atoms with Crippen molar-refractivity contribution in [3.8, 4) is 0 Å². The molecule has 2 aromatic rings. The van der Waals surface area contributed by atoms with E-state index in [4.69, 9.17) is 27.9 Å². The number of amides is 3. The van der Waals surface area contributed by atoms with Crippen LogP contribution in [0.25, 0.3) is 0 Å². The number of non-ortho nitro benzene ring substituents is 1. The number of nitro benzene ring substituents is 1. The van der Waals surface area contributed by atoms with Gasteiger partial charge >= 0.3 is 0 Å². The molecule has 3 aliphatic heterocycles. The highest BCUT2D eigenvalue weighted by Crippen LogP contribution is 2.52. The first kappa shape index (κ1) is 21.6. The van der Waals surface area contributed by atoms with Crippen molar-refractivity contribution in [1.29, 1.82) is 0 Å². The highest BCUT2D eigenvalue weighted by atomic mass is 35.5. The molecular weight excluding hydrogens is 473 g/mol. The lowest BCUT2D eigenvalue weighted by Gasteiger charge is -2.29. The Morgan fingerprint density at radius 3 is 2.55 bits per heavy atom. The fraction of sp³-hybridized carbons (Fsp3) is 0.227. The summed E-state index contributed by atoms with van der Waals surface area (Å²) in [5.74, 6) is -2.98. The fourth-order valence-corrected chi connectivity index (χ4v) is 5.17. The van der Waals surface area contributed by atoms with Crippen molar-refractivity contribution in [2.45, 2.75) is 11.7 Å². The molecule has 1 N–H and O–H groups in total. The highest BCUT2D eigenvalue weighted by Gasteiger charge is 2.67. The number of rotatable bonds is 5. The summed E-state index contributed by atoms with van der Waals surface area (Å²) in [5, 5.41) is 14.2. The molecule has 0 radical (unpaired) electrons. The standard InChI is InChI=1S/C22H15Cl2N3O6/c23-11-1-6-14(15(24)9-11)19(28)25-10-22-8-7-16(33-22)17-18(22)21(30)26(20(17)29)12-2-4-13(5-3-12)27(31)32/h1-9,16-18H,10H2,(H,25,28)/t16-,17-,18+,22-/m0/s1. The Balaban J connectivity index is 1.39. The second kappa shape index (κ2) is 7.65. The lowest BCUT2D eigenvalue weighted by Crippen LogP contribution is -2.48. The van der Waals surface area contributed by atoms with Crippen molar-refractivity contribution in [3.63, 3.8) is 0 Å². The molecule has 5 rings (SSSR count). The van der Waals surface area contributed by atoms with E-state index in [1.807, 2.05) is 0 Å². The Bertz CT molecular complexity index is 1250. The predicted molar refractivity (Wildman–Crippen MR) is 118 cm³/mol. The third kappa shape index (κ3) is 3.31. The number of nitrogens with one attached hydrogen (secondary N) is 1. The number of carbonyl (C=O) groups is 3. The Labute approximate surface area is 197 Å². The average Bonchev–Trinajstić information content (AvgIpc) is 3.42. The Morgan fingerprint density at radius 1 is 1.15 bits per heavy atom. The van der Waals surface area contributed by atoms with Gasteiger partial charge in [0.1, 0.15) is 5.60 Å². The van der Waals surface area contributed by atoms with Crippen LogP contribution in [0, 0.1) is 22.0 Å². The minimum Gasteiger partial charge on any atom is -0.360 e. The maximum Gasteiger partial charge on any atom is 0.269 e. The summed E-state index contributed by atoms with van der Waals surface area (Å²) in [7, 11) is 0. The predicted octanol–water partition coefficient (Wildman–Crippen LogP) is 3.14. The van der Waals surface area contributed by atoms with Gasteiger partial charge in [-0.05, 0) is 30.3 Å². The third-order valence-corrected chi connectivity index (χ3v) is 6.72. The first-order valence-electron chi connectivity index (χ1n) is 9.94. The molecule has 0 saturated carbocycles. The van der Waals surface area contributed by atoms with Crippen molar-refractivity contribution in [3.05, 3.63) is 80.3 Å². The van der Waals surface area contributed by atoms with E-state index >= 15 is 0 Å². The van der Waals surface area contributed by atoms with Gasteiger partial charge in [0.25, 0.3) is 11.6 Å². The summed E-state index contributed by atoms with van der Waals surface area (Å²) in [5.41, 5.74) is -0.877. The largest absolute Gasteiger partial charge is 0.360 e. The van der Waals surface area contributed by atoms with Crippen LogP contribution >= 0.6 is 23.2 Å². The van der Waals surface area contributed by atoms with Crippen LogP contribution in [-0.2, 0) is 14.3 Å². The smallest absolute Gasteiger partial charge is 0.269 e. The maximum absolute atomic E-state index is 13.3. The van der Waals surface area contributed by atoms with Gasteiger partial charge in [0.15, 0.2) is 0 Å². The Kier molecular flexibility index (Phi) is 5.00. The van der Waals surface area contributed by atoms with Crippen LogP contribution in [-0.4, -0.2) is 40.9 Å². The van der Waals surface area contributed by atoms with Gasteiger partial charge in [-0.1, -0.05) is 35.4 Å². The number of benzene rings is 2. The monoisotopic (exact) mass is 487 g/mol. The molecule has 11 heteroatoms. The Hall–Kier alpha value is -3.27. The van der Waals surface area contributed by atoms with E-state index in [9.17, 15) is 24.5 Å². The number of hydrogen-bond donors (Lipinski definition) is 1. The number of carbonyl (C=O) groups excluding carboxylic acids is 3. The summed E-state index contributed by atoms with van der Waals surface area (Å²) in [6.45, 7) is -0.0495. The summed E-state index contributed by atoms with van der Waals surface area (Å²) in [6.07, 6.45) is 2.81. The molecule has 3 heterocycles. The van der Waals surface area contributed by atoms with Crippen LogP contribution in [0.5, 0.6) is 0 Å². The first-order valence-corrected chi connectivity index (χ1v) is 10.7. The number of fused-ring (bicyclic) bond motifs is 5. The number of hydrogen-bond acceptors (Lipinski definition) is 6. The van der Waals surface area contributed by atoms with E-state index in [-0.39, 0.29) is 28.5 Å². The van der Waals surface area contributed by atoms with E-state index in [0.29, 0.717) is 5.02 Å². The molecule has 0 aliphatic carbocycles. The van der Waals surface area contributed by atoms with Gasteiger partial charge in [0.05, 0.1) is 45.7 Å². The number of ether oxygens (including phenoxy) is 1. The topological polar surface area (TPSA) is 119 Å². The molecule has 33 heavy (non-hydrogen) atoms. The van der Waals surface area contributed by atoms with Crippen LogP contribution in [0.4, 0.5) is 11.4 Å². The molecule has 9 nitrogen and oxygen atoms in total. The van der Waals surface area contributed by atoms with Crippen LogP contribution < -0.4 is 10.2 Å². The summed E-state index contributed by atoms with van der Waals surface area (Å²) >= 11 is 12.0. The average molecular weight is 488 g/mol. The zero-order valence-electron chi connectivity index (χ0n) is 16.7. The van der Waals surface area contributed by atoms with Crippen LogP contribution in [0.3, 0.4) is 0 Å². The molecule has 3 aliphatic rings. The fourth-order valence-electron chi connectivity index (χ4n) is 4.67. The lowest BCUT2D eigenvalue weighted by atomic mass is 9.77. The molecule has 4 atom stereocenters. The lowest BCUT2D eigenvalue weighted by molar-refractivity contribution is -0.384. The number of imide groups is 1. The number of anilines is 1. The molecular formula is C22H15Cl2N3O6. The van der Waals surface area contributed by atoms with E-state index in [1.165, 1.54) is 42.5 Å². The van der Waals surface area contributed by atoms with Gasteiger partial charge in [-0.3, -0.25) is 24.5 Å². The first-order chi connectivity index (χ1) is 15.7. The molecule has 2 fully saturated rings. The minimum absolute atomic E-state index is 0.0495. The van der Waals surface area contributed by atoms with E-state index in [0.717, 1.165) is 4.90 Å². The molecule has 0 spiro atoms. The second-order valence-electron chi connectivity index (χ2n) is 7.99. The minimum atomic E-state index is -1.19. The number of nitrogens with zero attached hydrogens (tertiary/aromatic N) is 2. The van der Waals surface area contributed by atoms with Gasteiger partial charge in [-0.2, -0.15) is 0 Å². The van der Waals surface area contributed by atoms with Crippen molar-refractivity contribution in [2.75, 3.05) is 11.4 Å². The van der Waals surface area contributed by atoms with Gasteiger partial charge in [0.2, 0.25) is 11.8 Å².